The van der Waals surface area contributed by atoms with Gasteiger partial charge in [-0.15, -0.1) is 0 Å². The molecule has 0 saturated heterocycles. The second-order valence-electron chi connectivity index (χ2n) is 2.54. The molecular weight excluding hydrogens is 158 g/mol. The Morgan fingerprint density at radius 3 is 2.83 bits per heavy atom. The molecule has 4 heteroatoms. The Labute approximate surface area is 72.9 Å². The van der Waals surface area contributed by atoms with Crippen molar-refractivity contribution in [2.75, 3.05) is 26.3 Å². The highest BCUT2D eigenvalue weighted by molar-refractivity contribution is 5.64. The normalized spacial score (nSPS) is 10.1. The Balaban J connectivity index is 2.86. The van der Waals surface area contributed by atoms with Crippen molar-refractivity contribution < 1.29 is 20.0 Å². The molecule has 0 amide bonds. The van der Waals surface area contributed by atoms with Gasteiger partial charge in [-0.2, -0.15) is 0 Å². The van der Waals surface area contributed by atoms with E-state index in [0.29, 0.717) is 6.54 Å². The number of hydrogen-bond donors (Lipinski definition) is 1. The molecule has 0 aliphatic rings. The van der Waals surface area contributed by atoms with E-state index in [4.69, 9.17) is 4.74 Å². The number of nitrogens with two attached hydrogens (primary N) is 1. The Morgan fingerprint density at radius 1 is 1.50 bits per heavy atom. The van der Waals surface area contributed by atoms with E-state index in [-0.39, 0.29) is 6.42 Å². The zero-order chi connectivity index (χ0) is 9.23. The lowest BCUT2D eigenvalue weighted by atomic mass is 10.4. The van der Waals surface area contributed by atoms with Crippen molar-refractivity contribution in [1.82, 2.24) is 0 Å². The molecule has 0 unspecified atom stereocenters. The molecule has 0 fully saturated rings. The molecule has 0 aromatic carbocycles. The maximum Gasteiger partial charge on any atom is 0.0808 e. The number of carbonyl (C=O) groups excluding carboxylic acids is 1. The lowest BCUT2D eigenvalue weighted by Gasteiger charge is -2.02. The Kier molecular flexibility index (Phi) is 8.05. The van der Waals surface area contributed by atoms with Crippen molar-refractivity contribution in [2.45, 2.75) is 19.8 Å². The van der Waals surface area contributed by atoms with Crippen LogP contribution in [-0.4, -0.2) is 32.3 Å². The summed E-state index contributed by atoms with van der Waals surface area (Å²) < 4.78 is 5.11. The van der Waals surface area contributed by atoms with Gasteiger partial charge in [-0.1, -0.05) is 0 Å². The lowest BCUT2D eigenvalue weighted by molar-refractivity contribution is -0.654. The average molecular weight is 175 g/mol. The third kappa shape index (κ3) is 9.39. The van der Waals surface area contributed by atoms with Gasteiger partial charge in [0.25, 0.3) is 0 Å². The van der Waals surface area contributed by atoms with E-state index in [0.717, 1.165) is 26.2 Å². The summed E-state index contributed by atoms with van der Waals surface area (Å²) in [4.78, 5) is 9.98. The van der Waals surface area contributed by atoms with Crippen LogP contribution in [0.5, 0.6) is 0 Å². The standard InChI is InChI=1S/C8H17NO3/c1-2-12-7-3-5-9-6-4-8(10)11/h9H,2-7H2,1H3,(H,10,11). The van der Waals surface area contributed by atoms with E-state index in [2.05, 4.69) is 0 Å². The summed E-state index contributed by atoms with van der Waals surface area (Å²) in [6.07, 6.45) is 1.11. The van der Waals surface area contributed by atoms with E-state index < -0.39 is 5.97 Å². The molecule has 0 aromatic rings. The summed E-state index contributed by atoms with van der Waals surface area (Å²) in [5.74, 6) is -0.976. The molecule has 0 rings (SSSR count). The van der Waals surface area contributed by atoms with Gasteiger partial charge in [-0.3, -0.25) is 0 Å². The molecule has 12 heavy (non-hydrogen) atoms. The number of rotatable bonds is 8. The molecule has 0 aliphatic carbocycles. The Morgan fingerprint density at radius 2 is 2.25 bits per heavy atom. The zero-order valence-electron chi connectivity index (χ0n) is 7.54. The van der Waals surface area contributed by atoms with Crippen LogP contribution in [0.25, 0.3) is 0 Å². The average Bonchev–Trinajstić information content (AvgIpc) is 2.02. The maximum absolute atomic E-state index is 9.98. The van der Waals surface area contributed by atoms with Gasteiger partial charge in [-0.05, 0) is 6.92 Å². The van der Waals surface area contributed by atoms with E-state index in [9.17, 15) is 9.90 Å². The van der Waals surface area contributed by atoms with Gasteiger partial charge in [0.15, 0.2) is 0 Å². The molecule has 4 nitrogen and oxygen atoms in total. The van der Waals surface area contributed by atoms with E-state index in [1.54, 1.807) is 0 Å². The minimum Gasteiger partial charge on any atom is -0.550 e. The number of quaternary nitrogens is 1. The molecule has 0 atom stereocenters. The molecule has 0 bridgehead atoms. The van der Waals surface area contributed by atoms with Gasteiger partial charge in [0.05, 0.1) is 19.7 Å². The second-order valence-corrected chi connectivity index (χ2v) is 2.54. The molecule has 0 aromatic heterocycles. The van der Waals surface area contributed by atoms with Crippen LogP contribution >= 0.6 is 0 Å². The first kappa shape index (κ1) is 11.4. The van der Waals surface area contributed by atoms with Crippen molar-refractivity contribution >= 4 is 5.97 Å². The number of ether oxygens (including phenoxy) is 1. The number of aliphatic carboxylic acids is 1. The van der Waals surface area contributed by atoms with Crippen LogP contribution in [0, 0.1) is 0 Å². The van der Waals surface area contributed by atoms with E-state index >= 15 is 0 Å². The van der Waals surface area contributed by atoms with E-state index in [1.807, 2.05) is 12.2 Å². The zero-order valence-corrected chi connectivity index (χ0v) is 7.54. The number of carbonyl (C=O) groups is 1. The molecule has 0 spiro atoms. The highest BCUT2D eigenvalue weighted by Gasteiger charge is 1.91. The quantitative estimate of drug-likeness (QED) is 0.439. The highest BCUT2D eigenvalue weighted by atomic mass is 16.5. The van der Waals surface area contributed by atoms with Crippen molar-refractivity contribution in [3.8, 4) is 0 Å². The first-order valence-corrected chi connectivity index (χ1v) is 4.36. The fourth-order valence-corrected chi connectivity index (χ4v) is 0.838. The minimum absolute atomic E-state index is 0.134. The van der Waals surface area contributed by atoms with Gasteiger partial charge >= 0.3 is 0 Å². The van der Waals surface area contributed by atoms with Crippen LogP contribution < -0.4 is 10.4 Å². The summed E-state index contributed by atoms with van der Waals surface area (Å²) in [7, 11) is 0. The Bertz CT molecular complexity index is 117. The molecule has 0 radical (unpaired) electrons. The highest BCUT2D eigenvalue weighted by Crippen LogP contribution is 1.76. The first-order valence-electron chi connectivity index (χ1n) is 4.36. The number of carboxylic acid groups (broad SMARTS) is 1. The van der Waals surface area contributed by atoms with E-state index in [1.165, 1.54) is 0 Å². The molecule has 0 saturated carbocycles. The topological polar surface area (TPSA) is 66.0 Å². The van der Waals surface area contributed by atoms with Crippen LogP contribution in [0.2, 0.25) is 0 Å². The fraction of sp³-hybridized carbons (Fsp3) is 0.875. The van der Waals surface area contributed by atoms with Gasteiger partial charge in [0, 0.05) is 25.4 Å². The molecule has 72 valence electrons. The van der Waals surface area contributed by atoms with Crippen LogP contribution in [0.1, 0.15) is 19.8 Å². The molecule has 0 aliphatic heterocycles. The van der Waals surface area contributed by atoms with Gasteiger partial charge < -0.3 is 20.0 Å². The molecular formula is C8H17NO3. The molecule has 2 N–H and O–H groups in total. The number of hydrogen-bond acceptors (Lipinski definition) is 3. The van der Waals surface area contributed by atoms with Crippen LogP contribution in [0.3, 0.4) is 0 Å². The minimum atomic E-state index is -0.976. The van der Waals surface area contributed by atoms with Crippen molar-refractivity contribution in [2.24, 2.45) is 0 Å². The van der Waals surface area contributed by atoms with Crippen LogP contribution in [-0.2, 0) is 9.53 Å². The summed E-state index contributed by atoms with van der Waals surface area (Å²) in [6.45, 7) is 5.00. The summed E-state index contributed by atoms with van der Waals surface area (Å²) in [5.41, 5.74) is 0. The fourth-order valence-electron chi connectivity index (χ4n) is 0.838. The van der Waals surface area contributed by atoms with Crippen molar-refractivity contribution in [3.05, 3.63) is 0 Å². The third-order valence-corrected chi connectivity index (χ3v) is 1.45. The SMILES string of the molecule is CCOCCC[NH2+]CCC(=O)[O-]. The predicted molar refractivity (Wildman–Crippen MR) is 42.4 cm³/mol. The largest absolute Gasteiger partial charge is 0.550 e. The van der Waals surface area contributed by atoms with Gasteiger partial charge in [0.1, 0.15) is 0 Å². The number of carboxylic acids is 1. The summed E-state index contributed by atoms with van der Waals surface area (Å²) in [5, 5.41) is 11.9. The second kappa shape index (κ2) is 8.49. The van der Waals surface area contributed by atoms with Crippen LogP contribution in [0.15, 0.2) is 0 Å². The third-order valence-electron chi connectivity index (χ3n) is 1.45. The smallest absolute Gasteiger partial charge is 0.0808 e. The predicted octanol–water partition coefficient (Wildman–Crippen LogP) is -1.88. The van der Waals surface area contributed by atoms with Gasteiger partial charge in [-0.25, -0.2) is 0 Å². The maximum atomic E-state index is 9.98. The van der Waals surface area contributed by atoms with Crippen molar-refractivity contribution in [1.29, 1.82) is 0 Å². The summed E-state index contributed by atoms with van der Waals surface area (Å²) in [6, 6.07) is 0. The monoisotopic (exact) mass is 175 g/mol. The summed E-state index contributed by atoms with van der Waals surface area (Å²) >= 11 is 0. The molecule has 0 heterocycles. The van der Waals surface area contributed by atoms with Gasteiger partial charge in [0.2, 0.25) is 0 Å². The van der Waals surface area contributed by atoms with Crippen LogP contribution in [0.4, 0.5) is 0 Å². The Hall–Kier alpha value is -0.610. The lowest BCUT2D eigenvalue weighted by Crippen LogP contribution is -2.84. The van der Waals surface area contributed by atoms with Crippen molar-refractivity contribution in [3.63, 3.8) is 0 Å². The first-order chi connectivity index (χ1) is 5.77.